The van der Waals surface area contributed by atoms with E-state index in [9.17, 15) is 0 Å². The van der Waals surface area contributed by atoms with Crippen molar-refractivity contribution in [2.75, 3.05) is 4.90 Å². The smallest absolute Gasteiger partial charge is 0.143 e. The average Bonchev–Trinajstić information content (AvgIpc) is 3.87. The van der Waals surface area contributed by atoms with Gasteiger partial charge in [-0.1, -0.05) is 170 Å². The van der Waals surface area contributed by atoms with Crippen molar-refractivity contribution in [2.45, 2.75) is 0 Å². The first-order valence-corrected chi connectivity index (χ1v) is 20.1. The highest BCUT2D eigenvalue weighted by Crippen LogP contribution is 2.48. The van der Waals surface area contributed by atoms with Gasteiger partial charge in [-0.05, 0) is 81.4 Å². The van der Waals surface area contributed by atoms with Crippen LogP contribution in [0.5, 0.6) is 0 Å². The SMILES string of the molecule is c1ccc(-c2cc(-c3ccccc3)cc(N(c3ccc(-c4cccc5c4oc4ccccc45)cc3)c3cccc4c3sc3c(-c5ccccc5)cccc34)c2)cc1. The van der Waals surface area contributed by atoms with Crippen molar-refractivity contribution in [1.29, 1.82) is 0 Å². The molecule has 268 valence electrons. The van der Waals surface area contributed by atoms with Gasteiger partial charge in [-0.25, -0.2) is 0 Å². The first-order chi connectivity index (χ1) is 28.3. The molecule has 9 aromatic carbocycles. The molecular weight excluding hydrogens is 711 g/mol. The van der Waals surface area contributed by atoms with Gasteiger partial charge >= 0.3 is 0 Å². The Balaban J connectivity index is 1.14. The molecule has 0 fully saturated rings. The van der Waals surface area contributed by atoms with Gasteiger partial charge in [0.05, 0.1) is 10.4 Å². The summed E-state index contributed by atoms with van der Waals surface area (Å²) in [6.07, 6.45) is 0. The van der Waals surface area contributed by atoms with Gasteiger partial charge in [0.1, 0.15) is 11.2 Å². The van der Waals surface area contributed by atoms with Crippen molar-refractivity contribution in [3.8, 4) is 44.5 Å². The van der Waals surface area contributed by atoms with E-state index in [4.69, 9.17) is 4.42 Å². The summed E-state index contributed by atoms with van der Waals surface area (Å²) in [4.78, 5) is 2.45. The van der Waals surface area contributed by atoms with Crippen LogP contribution < -0.4 is 4.90 Å². The summed E-state index contributed by atoms with van der Waals surface area (Å²) in [7, 11) is 0. The summed E-state index contributed by atoms with van der Waals surface area (Å²) in [5.74, 6) is 0. The molecule has 0 unspecified atom stereocenters. The molecule has 3 heteroatoms. The summed E-state index contributed by atoms with van der Waals surface area (Å²) in [5.41, 5.74) is 14.5. The molecule has 0 saturated carbocycles. The van der Waals surface area contributed by atoms with Crippen molar-refractivity contribution >= 4 is 70.5 Å². The number of benzene rings is 9. The van der Waals surface area contributed by atoms with Crippen molar-refractivity contribution in [2.24, 2.45) is 0 Å². The largest absolute Gasteiger partial charge is 0.455 e. The number of thiophene rings is 1. The maximum Gasteiger partial charge on any atom is 0.143 e. The number of nitrogens with zero attached hydrogens (tertiary/aromatic N) is 1. The van der Waals surface area contributed by atoms with E-state index in [0.29, 0.717) is 0 Å². The zero-order valence-electron chi connectivity index (χ0n) is 31.0. The first-order valence-electron chi connectivity index (χ1n) is 19.3. The lowest BCUT2D eigenvalue weighted by Crippen LogP contribution is -2.10. The van der Waals surface area contributed by atoms with Crippen LogP contribution >= 0.6 is 11.3 Å². The Labute approximate surface area is 335 Å². The van der Waals surface area contributed by atoms with E-state index in [1.54, 1.807) is 0 Å². The molecule has 0 bridgehead atoms. The number of anilines is 3. The van der Waals surface area contributed by atoms with Crippen LogP contribution in [0.2, 0.25) is 0 Å². The second-order valence-electron chi connectivity index (χ2n) is 14.5. The first kappa shape index (κ1) is 33.2. The fourth-order valence-electron chi connectivity index (χ4n) is 8.35. The number of furan rings is 1. The van der Waals surface area contributed by atoms with Gasteiger partial charge in [0.2, 0.25) is 0 Å². The number of hydrogen-bond donors (Lipinski definition) is 0. The second kappa shape index (κ2) is 13.8. The van der Waals surface area contributed by atoms with Gasteiger partial charge < -0.3 is 9.32 Å². The number of rotatable bonds is 7. The third-order valence-corrected chi connectivity index (χ3v) is 12.3. The monoisotopic (exact) mass is 745 g/mol. The number of fused-ring (bicyclic) bond motifs is 6. The highest BCUT2D eigenvalue weighted by molar-refractivity contribution is 7.27. The lowest BCUT2D eigenvalue weighted by atomic mass is 9.97. The van der Waals surface area contributed by atoms with Gasteiger partial charge in [-0.3, -0.25) is 0 Å². The highest BCUT2D eigenvalue weighted by atomic mass is 32.1. The Morgan fingerprint density at radius 3 is 1.54 bits per heavy atom. The molecule has 0 aliphatic rings. The lowest BCUT2D eigenvalue weighted by molar-refractivity contribution is 0.670. The van der Waals surface area contributed by atoms with Crippen molar-refractivity contribution < 1.29 is 4.42 Å². The van der Waals surface area contributed by atoms with E-state index in [1.807, 2.05) is 23.5 Å². The molecule has 2 heterocycles. The Kier molecular flexibility index (Phi) is 8.04. The summed E-state index contributed by atoms with van der Waals surface area (Å²) >= 11 is 1.88. The van der Waals surface area contributed by atoms with Crippen molar-refractivity contribution in [3.63, 3.8) is 0 Å². The minimum absolute atomic E-state index is 0.905. The molecule has 0 atom stereocenters. The second-order valence-corrected chi connectivity index (χ2v) is 15.5. The van der Waals surface area contributed by atoms with Gasteiger partial charge in [-0.15, -0.1) is 11.3 Å². The highest BCUT2D eigenvalue weighted by Gasteiger charge is 2.21. The zero-order chi connectivity index (χ0) is 37.7. The number of para-hydroxylation sites is 2. The minimum Gasteiger partial charge on any atom is -0.455 e. The Morgan fingerprint density at radius 1 is 0.333 bits per heavy atom. The molecule has 0 amide bonds. The summed E-state index contributed by atoms with van der Waals surface area (Å²) < 4.78 is 9.02. The minimum atomic E-state index is 0.905. The van der Waals surface area contributed by atoms with Crippen LogP contribution in [0.1, 0.15) is 0 Å². The van der Waals surface area contributed by atoms with Crippen LogP contribution in [0.3, 0.4) is 0 Å². The van der Waals surface area contributed by atoms with Gasteiger partial charge in [0.15, 0.2) is 0 Å². The Bertz CT molecular complexity index is 3160. The van der Waals surface area contributed by atoms with Crippen LogP contribution in [0, 0.1) is 0 Å². The molecule has 0 spiro atoms. The summed E-state index contributed by atoms with van der Waals surface area (Å²) in [6.45, 7) is 0. The molecule has 57 heavy (non-hydrogen) atoms. The molecular formula is C54H35NOS. The predicted octanol–water partition coefficient (Wildman–Crippen LogP) is 16.1. The van der Waals surface area contributed by atoms with E-state index >= 15 is 0 Å². The average molecular weight is 746 g/mol. The van der Waals surface area contributed by atoms with E-state index < -0.39 is 0 Å². The van der Waals surface area contributed by atoms with Crippen LogP contribution in [0.25, 0.3) is 86.6 Å². The van der Waals surface area contributed by atoms with Crippen LogP contribution in [0.4, 0.5) is 17.1 Å². The van der Waals surface area contributed by atoms with E-state index in [-0.39, 0.29) is 0 Å². The van der Waals surface area contributed by atoms with Crippen LogP contribution in [-0.4, -0.2) is 0 Å². The molecule has 0 saturated heterocycles. The Hall–Kier alpha value is -7.20. The topological polar surface area (TPSA) is 16.4 Å². The molecule has 11 aromatic rings. The van der Waals surface area contributed by atoms with E-state index in [1.165, 1.54) is 53.6 Å². The van der Waals surface area contributed by atoms with E-state index in [0.717, 1.165) is 50.1 Å². The molecule has 0 N–H and O–H groups in total. The maximum atomic E-state index is 6.47. The maximum absolute atomic E-state index is 6.47. The van der Waals surface area contributed by atoms with Crippen LogP contribution in [0.15, 0.2) is 217 Å². The fourth-order valence-corrected chi connectivity index (χ4v) is 9.69. The predicted molar refractivity (Wildman–Crippen MR) is 243 cm³/mol. The zero-order valence-corrected chi connectivity index (χ0v) is 31.8. The van der Waals surface area contributed by atoms with E-state index in [2.05, 4.69) is 205 Å². The molecule has 2 aromatic heterocycles. The number of hydrogen-bond acceptors (Lipinski definition) is 3. The lowest BCUT2D eigenvalue weighted by Gasteiger charge is -2.27. The third-order valence-electron chi connectivity index (χ3n) is 11.1. The van der Waals surface area contributed by atoms with Crippen molar-refractivity contribution in [3.05, 3.63) is 212 Å². The molecule has 0 radical (unpaired) electrons. The molecule has 0 aliphatic heterocycles. The fraction of sp³-hybridized carbons (Fsp3) is 0. The van der Waals surface area contributed by atoms with Gasteiger partial charge in [-0.2, -0.15) is 0 Å². The third kappa shape index (κ3) is 5.80. The summed E-state index contributed by atoms with van der Waals surface area (Å²) in [6, 6.07) is 76.4. The van der Waals surface area contributed by atoms with Crippen molar-refractivity contribution in [1.82, 2.24) is 0 Å². The summed E-state index contributed by atoms with van der Waals surface area (Å²) in [5, 5.41) is 4.80. The Morgan fingerprint density at radius 2 is 0.860 bits per heavy atom. The standard InChI is InChI=1S/C54H35NOS/c1-4-15-36(16-5-1)40-33-41(37-17-6-2-7-18-37)35-43(34-40)55(42-31-29-39(30-32-42)44-22-12-24-47-46-21-10-11-28-51(46)56-52(44)47)50-27-14-26-49-48-25-13-23-45(53(48)57-54(49)50)38-19-8-3-9-20-38/h1-35H. The molecule has 2 nitrogen and oxygen atoms in total. The van der Waals surface area contributed by atoms with Gasteiger partial charge in [0.25, 0.3) is 0 Å². The van der Waals surface area contributed by atoms with Gasteiger partial charge in [0, 0.05) is 43.2 Å². The van der Waals surface area contributed by atoms with Crippen LogP contribution in [-0.2, 0) is 0 Å². The normalized spacial score (nSPS) is 11.5. The molecule has 11 rings (SSSR count). The molecule has 0 aliphatic carbocycles. The quantitative estimate of drug-likeness (QED) is 0.162.